The van der Waals surface area contributed by atoms with E-state index in [0.29, 0.717) is 12.3 Å². The number of ether oxygens (including phenoxy) is 2. The zero-order valence-corrected chi connectivity index (χ0v) is 22.2. The standard InChI is InChI=1S/C26H44O4.2CH4O/c1-21(2)30-26(28)16-8-10-22(20-27)17-18-24-13-9-12-23(24)11-6-7-19-29-25-14-4-3-5-15-25;2*1-2/h4,14-15,21-24,27H,3,5-13,16-20H2,1-2H3;2*2H,1H3/t22-,23-,24+;;/m0../s1. The molecular formula is C28H52O6. The van der Waals surface area contributed by atoms with Crippen molar-refractivity contribution in [3.63, 3.8) is 0 Å². The molecule has 3 N–H and O–H groups in total. The first kappa shape index (κ1) is 32.6. The minimum atomic E-state index is -0.114. The van der Waals surface area contributed by atoms with Crippen LogP contribution in [0.3, 0.4) is 0 Å². The number of hydrogen-bond acceptors (Lipinski definition) is 6. The first-order chi connectivity index (χ1) is 16.6. The van der Waals surface area contributed by atoms with Gasteiger partial charge in [0.05, 0.1) is 12.7 Å². The third-order valence-corrected chi connectivity index (χ3v) is 6.58. The van der Waals surface area contributed by atoms with Crippen molar-refractivity contribution in [2.75, 3.05) is 27.4 Å². The van der Waals surface area contributed by atoms with Crippen LogP contribution in [0.15, 0.2) is 24.0 Å². The Labute approximate surface area is 208 Å². The summed E-state index contributed by atoms with van der Waals surface area (Å²) < 4.78 is 11.1. The maximum Gasteiger partial charge on any atom is 0.306 e. The molecular weight excluding hydrogens is 432 g/mol. The van der Waals surface area contributed by atoms with E-state index in [1.807, 2.05) is 13.8 Å². The SMILES string of the molecule is CC(C)OC(=O)CCC[C@H](CO)CC[C@H]1CCC[C@@H]1CCCCOC1=CCCC=C1.CO.CO. The molecule has 0 aliphatic heterocycles. The molecule has 6 heteroatoms. The molecule has 2 aliphatic rings. The molecule has 0 unspecified atom stereocenters. The summed E-state index contributed by atoms with van der Waals surface area (Å²) in [7, 11) is 2.00. The summed E-state index contributed by atoms with van der Waals surface area (Å²) in [4.78, 5) is 11.7. The van der Waals surface area contributed by atoms with Gasteiger partial charge in [0.1, 0.15) is 5.76 Å². The molecule has 0 amide bonds. The summed E-state index contributed by atoms with van der Waals surface area (Å²) in [6.07, 6.45) is 21.0. The summed E-state index contributed by atoms with van der Waals surface area (Å²) in [5.74, 6) is 2.92. The number of carbonyl (C=O) groups excluding carboxylic acids is 1. The molecule has 3 atom stereocenters. The molecule has 0 aromatic rings. The van der Waals surface area contributed by atoms with Gasteiger partial charge in [0.25, 0.3) is 0 Å². The van der Waals surface area contributed by atoms with Crippen molar-refractivity contribution >= 4 is 5.97 Å². The fraction of sp³-hybridized carbons (Fsp3) is 0.821. The summed E-state index contributed by atoms with van der Waals surface area (Å²) in [6.45, 7) is 4.83. The van der Waals surface area contributed by atoms with E-state index in [2.05, 4.69) is 18.2 Å². The maximum absolute atomic E-state index is 11.7. The van der Waals surface area contributed by atoms with Crippen molar-refractivity contribution < 1.29 is 29.6 Å². The van der Waals surface area contributed by atoms with E-state index in [4.69, 9.17) is 19.7 Å². The Balaban J connectivity index is 0.00000258. The number of allylic oxidation sites excluding steroid dienone is 3. The highest BCUT2D eigenvalue weighted by atomic mass is 16.5. The Kier molecular flexibility index (Phi) is 21.2. The average Bonchev–Trinajstić information content (AvgIpc) is 3.31. The van der Waals surface area contributed by atoms with E-state index in [1.165, 1.54) is 38.5 Å². The van der Waals surface area contributed by atoms with Crippen molar-refractivity contribution in [2.45, 2.75) is 103 Å². The van der Waals surface area contributed by atoms with Crippen LogP contribution < -0.4 is 0 Å². The zero-order chi connectivity index (χ0) is 25.6. The van der Waals surface area contributed by atoms with Crippen molar-refractivity contribution in [3.05, 3.63) is 24.0 Å². The largest absolute Gasteiger partial charge is 0.494 e. The van der Waals surface area contributed by atoms with Gasteiger partial charge in [-0.1, -0.05) is 31.8 Å². The first-order valence-corrected chi connectivity index (χ1v) is 13.3. The van der Waals surface area contributed by atoms with Gasteiger partial charge < -0.3 is 24.8 Å². The number of aliphatic hydroxyl groups is 3. The number of carbonyl (C=O) groups is 1. The molecule has 2 rings (SSSR count). The minimum absolute atomic E-state index is 0.0433. The van der Waals surface area contributed by atoms with Gasteiger partial charge in [-0.15, -0.1) is 0 Å². The lowest BCUT2D eigenvalue weighted by atomic mass is 9.84. The number of hydrogen-bond donors (Lipinski definition) is 3. The Morgan fingerprint density at radius 2 is 1.71 bits per heavy atom. The molecule has 6 nitrogen and oxygen atoms in total. The van der Waals surface area contributed by atoms with E-state index < -0.39 is 0 Å². The predicted molar refractivity (Wildman–Crippen MR) is 138 cm³/mol. The van der Waals surface area contributed by atoms with Gasteiger partial charge in [0, 0.05) is 27.2 Å². The lowest BCUT2D eigenvalue weighted by Gasteiger charge is -2.22. The van der Waals surface area contributed by atoms with Crippen molar-refractivity contribution in [3.8, 4) is 0 Å². The third-order valence-electron chi connectivity index (χ3n) is 6.58. The van der Waals surface area contributed by atoms with Crippen LogP contribution in [0, 0.1) is 17.8 Å². The highest BCUT2D eigenvalue weighted by molar-refractivity contribution is 5.69. The monoisotopic (exact) mass is 484 g/mol. The van der Waals surface area contributed by atoms with E-state index >= 15 is 0 Å². The molecule has 1 fully saturated rings. The number of aliphatic hydroxyl groups excluding tert-OH is 3. The lowest BCUT2D eigenvalue weighted by molar-refractivity contribution is -0.147. The van der Waals surface area contributed by atoms with Gasteiger partial charge in [-0.3, -0.25) is 4.79 Å². The second kappa shape index (κ2) is 22.1. The minimum Gasteiger partial charge on any atom is -0.494 e. The summed E-state index contributed by atoms with van der Waals surface area (Å²) in [6, 6.07) is 0. The quantitative estimate of drug-likeness (QED) is 0.208. The van der Waals surface area contributed by atoms with Crippen LogP contribution in [-0.4, -0.2) is 54.8 Å². The highest BCUT2D eigenvalue weighted by Crippen LogP contribution is 2.39. The second-order valence-electron chi connectivity index (χ2n) is 9.44. The van der Waals surface area contributed by atoms with Crippen LogP contribution in [0.2, 0.25) is 0 Å². The molecule has 34 heavy (non-hydrogen) atoms. The van der Waals surface area contributed by atoms with E-state index in [9.17, 15) is 9.90 Å². The van der Waals surface area contributed by atoms with Crippen molar-refractivity contribution in [2.24, 2.45) is 17.8 Å². The van der Waals surface area contributed by atoms with Gasteiger partial charge in [0.15, 0.2) is 0 Å². The molecule has 2 aliphatic carbocycles. The third kappa shape index (κ3) is 15.5. The van der Waals surface area contributed by atoms with Crippen LogP contribution in [0.4, 0.5) is 0 Å². The Morgan fingerprint density at radius 3 is 2.32 bits per heavy atom. The Hall–Kier alpha value is -1.37. The zero-order valence-electron chi connectivity index (χ0n) is 22.2. The topological polar surface area (TPSA) is 96.2 Å². The molecule has 0 aromatic heterocycles. The number of rotatable bonds is 15. The summed E-state index contributed by atoms with van der Waals surface area (Å²) >= 11 is 0. The van der Waals surface area contributed by atoms with Crippen molar-refractivity contribution in [1.29, 1.82) is 0 Å². The van der Waals surface area contributed by atoms with Gasteiger partial charge in [0.2, 0.25) is 0 Å². The van der Waals surface area contributed by atoms with Crippen LogP contribution in [-0.2, 0) is 14.3 Å². The fourth-order valence-electron chi connectivity index (χ4n) is 4.90. The molecule has 0 heterocycles. The smallest absolute Gasteiger partial charge is 0.306 e. The van der Waals surface area contributed by atoms with Crippen LogP contribution in [0.5, 0.6) is 0 Å². The molecule has 0 radical (unpaired) electrons. The van der Waals surface area contributed by atoms with Crippen LogP contribution >= 0.6 is 0 Å². The maximum atomic E-state index is 11.7. The predicted octanol–water partition coefficient (Wildman–Crippen LogP) is 5.55. The molecule has 1 saturated carbocycles. The highest BCUT2D eigenvalue weighted by Gasteiger charge is 2.27. The molecule has 0 saturated heterocycles. The lowest BCUT2D eigenvalue weighted by Crippen LogP contribution is -2.14. The molecule has 0 bridgehead atoms. The number of esters is 1. The van der Waals surface area contributed by atoms with Crippen LogP contribution in [0.1, 0.15) is 97.3 Å². The molecule has 200 valence electrons. The Morgan fingerprint density at radius 1 is 1.00 bits per heavy atom. The van der Waals surface area contributed by atoms with Gasteiger partial charge in [-0.2, -0.15) is 0 Å². The number of unbranched alkanes of at least 4 members (excludes halogenated alkanes) is 1. The fourth-order valence-corrected chi connectivity index (χ4v) is 4.90. The van der Waals surface area contributed by atoms with Crippen molar-refractivity contribution in [1.82, 2.24) is 0 Å². The van der Waals surface area contributed by atoms with Gasteiger partial charge in [-0.25, -0.2) is 0 Å². The molecule has 0 aromatic carbocycles. The molecule has 0 spiro atoms. The summed E-state index contributed by atoms with van der Waals surface area (Å²) in [5, 5.41) is 23.7. The van der Waals surface area contributed by atoms with Crippen LogP contribution in [0.25, 0.3) is 0 Å². The Bertz CT molecular complexity index is 543. The van der Waals surface area contributed by atoms with E-state index in [1.54, 1.807) is 0 Å². The normalized spacial score (nSPS) is 19.9. The van der Waals surface area contributed by atoms with Gasteiger partial charge in [-0.05, 0) is 95.1 Å². The summed E-state index contributed by atoms with van der Waals surface area (Å²) in [5.41, 5.74) is 0. The van der Waals surface area contributed by atoms with E-state index in [0.717, 1.165) is 76.9 Å². The van der Waals surface area contributed by atoms with E-state index in [-0.39, 0.29) is 18.7 Å². The second-order valence-corrected chi connectivity index (χ2v) is 9.44. The average molecular weight is 485 g/mol. The van der Waals surface area contributed by atoms with Gasteiger partial charge >= 0.3 is 5.97 Å². The first-order valence-electron chi connectivity index (χ1n) is 13.3.